The fourth-order valence-electron chi connectivity index (χ4n) is 4.80. The van der Waals surface area contributed by atoms with Crippen molar-refractivity contribution >= 4 is 22.9 Å². The number of benzene rings is 1. The van der Waals surface area contributed by atoms with E-state index in [0.29, 0.717) is 30.8 Å². The number of hydrogen-bond acceptors (Lipinski definition) is 8. The van der Waals surface area contributed by atoms with Crippen LogP contribution in [-0.4, -0.2) is 51.9 Å². The molecule has 9 nitrogen and oxygen atoms in total. The molecular weight excluding hydrogens is 458 g/mol. The van der Waals surface area contributed by atoms with Crippen molar-refractivity contribution in [2.45, 2.75) is 71.1 Å². The molecule has 36 heavy (non-hydrogen) atoms. The third-order valence-electron chi connectivity index (χ3n) is 6.37. The van der Waals surface area contributed by atoms with Gasteiger partial charge in [0.15, 0.2) is 5.75 Å². The second kappa shape index (κ2) is 9.79. The van der Waals surface area contributed by atoms with E-state index < -0.39 is 5.60 Å². The van der Waals surface area contributed by atoms with Crippen LogP contribution in [0.3, 0.4) is 0 Å². The van der Waals surface area contributed by atoms with Crippen LogP contribution in [0.15, 0.2) is 30.5 Å². The number of ether oxygens (including phenoxy) is 3. The third kappa shape index (κ3) is 5.45. The molecule has 190 valence electrons. The van der Waals surface area contributed by atoms with Crippen molar-refractivity contribution in [1.29, 1.82) is 0 Å². The molecular formula is C27H33N5O4. The Hall–Kier alpha value is -3.62. The van der Waals surface area contributed by atoms with Crippen molar-refractivity contribution in [2.75, 3.05) is 18.5 Å². The number of aromatic nitrogens is 3. The number of nitrogens with one attached hydrogen (secondary N) is 2. The normalized spacial score (nSPS) is 19.6. The lowest BCUT2D eigenvalue weighted by atomic mass is 9.91. The average molecular weight is 492 g/mol. The van der Waals surface area contributed by atoms with Crippen molar-refractivity contribution in [3.63, 3.8) is 0 Å². The van der Waals surface area contributed by atoms with E-state index in [9.17, 15) is 4.79 Å². The molecule has 0 bridgehead atoms. The van der Waals surface area contributed by atoms with Crippen molar-refractivity contribution in [3.8, 4) is 22.8 Å². The van der Waals surface area contributed by atoms with E-state index in [4.69, 9.17) is 24.2 Å². The van der Waals surface area contributed by atoms with Crippen LogP contribution in [0.2, 0.25) is 0 Å². The molecule has 2 atom stereocenters. The second-order valence-electron chi connectivity index (χ2n) is 10.4. The summed E-state index contributed by atoms with van der Waals surface area (Å²) >= 11 is 0. The molecule has 1 fully saturated rings. The Labute approximate surface area is 211 Å². The number of carbonyl (C=O) groups is 1. The largest absolute Gasteiger partial charge is 0.484 e. The van der Waals surface area contributed by atoms with Gasteiger partial charge in [0.2, 0.25) is 5.95 Å². The van der Waals surface area contributed by atoms with E-state index >= 15 is 0 Å². The van der Waals surface area contributed by atoms with Crippen molar-refractivity contribution in [2.24, 2.45) is 0 Å². The molecule has 0 spiro atoms. The SMILES string of the molecule is Cc1nc(N[C@H]2CCC[C@@H](NC(=O)OC(C)(C)C)C2)nc2ccc(-c3ccnc4c3OCCO4)cc12. The summed E-state index contributed by atoms with van der Waals surface area (Å²) in [5.41, 5.74) is 3.19. The Morgan fingerprint density at radius 2 is 1.89 bits per heavy atom. The molecule has 5 rings (SSSR count). The zero-order valence-electron chi connectivity index (χ0n) is 21.3. The number of amides is 1. The van der Waals surface area contributed by atoms with Crippen LogP contribution in [0.4, 0.5) is 10.7 Å². The molecule has 2 N–H and O–H groups in total. The van der Waals surface area contributed by atoms with Gasteiger partial charge in [-0.05, 0) is 77.1 Å². The topological polar surface area (TPSA) is 107 Å². The summed E-state index contributed by atoms with van der Waals surface area (Å²) in [7, 11) is 0. The molecule has 3 aromatic rings. The van der Waals surface area contributed by atoms with Gasteiger partial charge in [0.1, 0.15) is 18.8 Å². The molecule has 1 aromatic carbocycles. The van der Waals surface area contributed by atoms with Crippen LogP contribution < -0.4 is 20.1 Å². The first-order valence-electron chi connectivity index (χ1n) is 12.5. The minimum atomic E-state index is -0.510. The van der Waals surface area contributed by atoms with Gasteiger partial charge in [-0.2, -0.15) is 0 Å². The molecule has 0 unspecified atom stereocenters. The van der Waals surface area contributed by atoms with Gasteiger partial charge in [-0.3, -0.25) is 0 Å². The lowest BCUT2D eigenvalue weighted by Crippen LogP contribution is -2.44. The fourth-order valence-corrected chi connectivity index (χ4v) is 4.80. The Morgan fingerprint density at radius 1 is 1.08 bits per heavy atom. The summed E-state index contributed by atoms with van der Waals surface area (Å²) in [6, 6.07) is 8.31. The summed E-state index contributed by atoms with van der Waals surface area (Å²) in [6.07, 6.45) is 5.11. The molecule has 2 aliphatic rings. The number of nitrogens with zero attached hydrogens (tertiary/aromatic N) is 3. The van der Waals surface area contributed by atoms with Gasteiger partial charge >= 0.3 is 6.09 Å². The van der Waals surface area contributed by atoms with E-state index in [1.165, 1.54) is 0 Å². The predicted octanol–water partition coefficient (Wildman–Crippen LogP) is 5.02. The third-order valence-corrected chi connectivity index (χ3v) is 6.37. The molecule has 0 saturated heterocycles. The minimum absolute atomic E-state index is 0.0627. The van der Waals surface area contributed by atoms with E-state index in [2.05, 4.69) is 21.7 Å². The summed E-state index contributed by atoms with van der Waals surface area (Å²) in [5, 5.41) is 7.48. The minimum Gasteiger partial charge on any atom is -0.484 e. The van der Waals surface area contributed by atoms with Gasteiger partial charge in [0.05, 0.1) is 11.2 Å². The number of anilines is 1. The number of pyridine rings is 1. The van der Waals surface area contributed by atoms with Crippen LogP contribution >= 0.6 is 0 Å². The standard InChI is InChI=1S/C27H33N5O4/c1-16-21-14-17(20-10-11-28-24-23(20)34-12-13-35-24)8-9-22(21)32-25(29-16)30-18-6-5-7-19(15-18)31-26(33)36-27(2,3)4/h8-11,14,18-19H,5-7,12-13,15H2,1-4H3,(H,31,33)(H,29,30,32)/t18-,19+/m0/s1. The van der Waals surface area contributed by atoms with Crippen LogP contribution in [0.5, 0.6) is 11.6 Å². The smallest absolute Gasteiger partial charge is 0.407 e. The molecule has 0 radical (unpaired) electrons. The number of aryl methyl sites for hydroxylation is 1. The Kier molecular flexibility index (Phi) is 6.55. The molecule has 1 aliphatic carbocycles. The zero-order chi connectivity index (χ0) is 25.3. The Balaban J connectivity index is 1.31. The summed E-state index contributed by atoms with van der Waals surface area (Å²) < 4.78 is 16.9. The number of alkyl carbamates (subject to hydrolysis) is 1. The molecule has 1 saturated carbocycles. The first kappa shape index (κ1) is 24.1. The van der Waals surface area contributed by atoms with Crippen LogP contribution in [0.25, 0.3) is 22.0 Å². The lowest BCUT2D eigenvalue weighted by Gasteiger charge is -2.31. The Bertz CT molecular complexity index is 1270. The van der Waals surface area contributed by atoms with Crippen molar-refractivity contribution in [3.05, 3.63) is 36.2 Å². The zero-order valence-corrected chi connectivity index (χ0v) is 21.3. The first-order valence-corrected chi connectivity index (χ1v) is 12.5. The number of rotatable bonds is 4. The maximum Gasteiger partial charge on any atom is 0.407 e. The van der Waals surface area contributed by atoms with Gasteiger partial charge in [-0.1, -0.05) is 6.07 Å². The number of hydrogen-bond donors (Lipinski definition) is 2. The quantitative estimate of drug-likeness (QED) is 0.524. The molecule has 1 aliphatic heterocycles. The average Bonchev–Trinajstić information content (AvgIpc) is 2.82. The van der Waals surface area contributed by atoms with Gasteiger partial charge in [-0.15, -0.1) is 0 Å². The highest BCUT2D eigenvalue weighted by molar-refractivity contribution is 5.88. The number of carbonyl (C=O) groups excluding carboxylic acids is 1. The Morgan fingerprint density at radius 3 is 2.72 bits per heavy atom. The fraction of sp³-hybridized carbons (Fsp3) is 0.481. The molecule has 9 heteroatoms. The summed E-state index contributed by atoms with van der Waals surface area (Å²) in [6.45, 7) is 8.61. The maximum atomic E-state index is 12.2. The van der Waals surface area contributed by atoms with Crippen LogP contribution in [0.1, 0.15) is 52.1 Å². The summed E-state index contributed by atoms with van der Waals surface area (Å²) in [4.78, 5) is 26.0. The first-order chi connectivity index (χ1) is 17.2. The number of fused-ring (bicyclic) bond motifs is 2. The van der Waals surface area contributed by atoms with Crippen molar-refractivity contribution < 1.29 is 19.0 Å². The van der Waals surface area contributed by atoms with Gasteiger partial charge in [0.25, 0.3) is 5.88 Å². The van der Waals surface area contributed by atoms with E-state index in [0.717, 1.165) is 53.4 Å². The van der Waals surface area contributed by atoms with Crippen molar-refractivity contribution in [1.82, 2.24) is 20.3 Å². The van der Waals surface area contributed by atoms with Gasteiger partial charge < -0.3 is 24.8 Å². The van der Waals surface area contributed by atoms with E-state index in [1.54, 1.807) is 6.20 Å². The molecule has 3 heterocycles. The molecule has 2 aromatic heterocycles. The van der Waals surface area contributed by atoms with E-state index in [1.807, 2.05) is 45.9 Å². The van der Waals surface area contributed by atoms with Gasteiger partial charge in [-0.25, -0.2) is 19.7 Å². The monoisotopic (exact) mass is 491 g/mol. The highest BCUT2D eigenvalue weighted by atomic mass is 16.6. The summed E-state index contributed by atoms with van der Waals surface area (Å²) in [5.74, 6) is 1.80. The second-order valence-corrected chi connectivity index (χ2v) is 10.4. The highest BCUT2D eigenvalue weighted by Crippen LogP contribution is 2.39. The molecule has 1 amide bonds. The van der Waals surface area contributed by atoms with E-state index in [-0.39, 0.29) is 18.2 Å². The maximum absolute atomic E-state index is 12.2. The lowest BCUT2D eigenvalue weighted by molar-refractivity contribution is 0.0492. The highest BCUT2D eigenvalue weighted by Gasteiger charge is 2.26. The van der Waals surface area contributed by atoms with Crippen LogP contribution in [-0.2, 0) is 4.74 Å². The predicted molar refractivity (Wildman–Crippen MR) is 138 cm³/mol. The van der Waals surface area contributed by atoms with Gasteiger partial charge in [0, 0.05) is 29.2 Å². The van der Waals surface area contributed by atoms with Crippen LogP contribution in [0, 0.1) is 6.92 Å².